The third-order valence-corrected chi connectivity index (χ3v) is 5.57. The maximum Gasteiger partial charge on any atom is 0.243 e. The average molecular weight is 435 g/mol. The second kappa shape index (κ2) is 11.2. The Morgan fingerprint density at radius 2 is 1.66 bits per heavy atom. The Balaban J connectivity index is 2.30. The van der Waals surface area contributed by atoms with Gasteiger partial charge in [0, 0.05) is 22.6 Å². The van der Waals surface area contributed by atoms with Crippen LogP contribution < -0.4 is 5.32 Å². The van der Waals surface area contributed by atoms with Crippen LogP contribution in [-0.4, -0.2) is 28.8 Å². The fraction of sp³-hybridized carbons (Fsp3) is 0.391. The number of nitrogens with zero attached hydrogens (tertiary/aromatic N) is 1. The van der Waals surface area contributed by atoms with E-state index in [4.69, 9.17) is 23.2 Å². The molecule has 29 heavy (non-hydrogen) atoms. The van der Waals surface area contributed by atoms with Crippen molar-refractivity contribution in [3.8, 4) is 0 Å². The molecule has 0 aliphatic carbocycles. The lowest BCUT2D eigenvalue weighted by atomic mass is 10.1. The molecule has 156 valence electrons. The van der Waals surface area contributed by atoms with Gasteiger partial charge in [-0.05, 0) is 49.1 Å². The van der Waals surface area contributed by atoms with Crippen molar-refractivity contribution in [3.63, 3.8) is 0 Å². The first kappa shape index (κ1) is 23.2. The number of rotatable bonds is 9. The van der Waals surface area contributed by atoms with Gasteiger partial charge in [0.05, 0.1) is 6.42 Å². The summed E-state index contributed by atoms with van der Waals surface area (Å²) < 4.78 is 0. The highest BCUT2D eigenvalue weighted by Crippen LogP contribution is 2.21. The van der Waals surface area contributed by atoms with Gasteiger partial charge in [0.1, 0.15) is 6.04 Å². The Bertz CT molecular complexity index is 824. The van der Waals surface area contributed by atoms with Crippen LogP contribution in [0.5, 0.6) is 0 Å². The molecule has 2 atom stereocenters. The number of benzene rings is 2. The molecule has 0 saturated heterocycles. The Labute approximate surface area is 183 Å². The van der Waals surface area contributed by atoms with Gasteiger partial charge in [-0.3, -0.25) is 9.59 Å². The number of carbonyl (C=O) groups excluding carboxylic acids is 2. The molecule has 0 fully saturated rings. The van der Waals surface area contributed by atoms with Gasteiger partial charge in [-0.25, -0.2) is 0 Å². The largest absolute Gasteiger partial charge is 0.352 e. The minimum atomic E-state index is -0.569. The van der Waals surface area contributed by atoms with E-state index in [1.54, 1.807) is 23.1 Å². The van der Waals surface area contributed by atoms with Crippen LogP contribution in [-0.2, 0) is 22.6 Å². The van der Waals surface area contributed by atoms with E-state index < -0.39 is 6.04 Å². The predicted octanol–water partition coefficient (Wildman–Crippen LogP) is 5.26. The molecule has 0 unspecified atom stereocenters. The molecule has 0 aliphatic rings. The van der Waals surface area contributed by atoms with Crippen LogP contribution in [0.25, 0.3) is 0 Å². The monoisotopic (exact) mass is 434 g/mol. The summed E-state index contributed by atoms with van der Waals surface area (Å²) in [7, 11) is 0. The maximum atomic E-state index is 13.2. The standard InChI is InChI=1S/C23H28Cl2N2O2/c1-4-16(3)26-23(29)21(5-2)27(15-18-8-6-7-9-20(18)25)22(28)14-17-10-12-19(24)13-11-17/h6-13,16,21H,4-5,14-15H2,1-3H3,(H,26,29)/t16-,21-/m0/s1. The van der Waals surface area contributed by atoms with E-state index in [0.29, 0.717) is 16.5 Å². The summed E-state index contributed by atoms with van der Waals surface area (Å²) in [6.07, 6.45) is 1.53. The maximum absolute atomic E-state index is 13.2. The summed E-state index contributed by atoms with van der Waals surface area (Å²) in [5, 5.41) is 4.20. The zero-order valence-electron chi connectivity index (χ0n) is 17.1. The summed E-state index contributed by atoms with van der Waals surface area (Å²) in [4.78, 5) is 27.8. The van der Waals surface area contributed by atoms with Crippen LogP contribution in [0.4, 0.5) is 0 Å². The molecule has 0 heterocycles. The molecule has 0 bridgehead atoms. The SMILES string of the molecule is CC[C@H](C)NC(=O)[C@H](CC)N(Cc1ccccc1Cl)C(=O)Cc1ccc(Cl)cc1. The Hall–Kier alpha value is -2.04. The minimum absolute atomic E-state index is 0.0464. The highest BCUT2D eigenvalue weighted by Gasteiger charge is 2.29. The Kier molecular flexibility index (Phi) is 8.99. The highest BCUT2D eigenvalue weighted by molar-refractivity contribution is 6.31. The molecule has 0 aromatic heterocycles. The number of hydrogen-bond acceptors (Lipinski definition) is 2. The van der Waals surface area contributed by atoms with E-state index in [-0.39, 0.29) is 30.8 Å². The summed E-state index contributed by atoms with van der Waals surface area (Å²) in [6.45, 7) is 6.16. The molecule has 2 aromatic rings. The van der Waals surface area contributed by atoms with Crippen LogP contribution in [0.15, 0.2) is 48.5 Å². The van der Waals surface area contributed by atoms with Gasteiger partial charge in [0.25, 0.3) is 0 Å². The van der Waals surface area contributed by atoms with E-state index in [2.05, 4.69) is 5.32 Å². The molecule has 2 aromatic carbocycles. The third kappa shape index (κ3) is 6.76. The fourth-order valence-corrected chi connectivity index (χ4v) is 3.37. The first-order valence-electron chi connectivity index (χ1n) is 9.93. The van der Waals surface area contributed by atoms with Crippen molar-refractivity contribution >= 4 is 35.0 Å². The van der Waals surface area contributed by atoms with Crippen molar-refractivity contribution in [2.75, 3.05) is 0 Å². The number of hydrogen-bond donors (Lipinski definition) is 1. The van der Waals surface area contributed by atoms with Crippen molar-refractivity contribution in [1.29, 1.82) is 0 Å². The second-order valence-corrected chi connectivity index (χ2v) is 8.00. The topological polar surface area (TPSA) is 49.4 Å². The van der Waals surface area contributed by atoms with Gasteiger partial charge in [0.2, 0.25) is 11.8 Å². The highest BCUT2D eigenvalue weighted by atomic mass is 35.5. The van der Waals surface area contributed by atoms with Crippen molar-refractivity contribution in [1.82, 2.24) is 10.2 Å². The quantitative estimate of drug-likeness (QED) is 0.584. The van der Waals surface area contributed by atoms with Crippen molar-refractivity contribution in [2.24, 2.45) is 0 Å². The van der Waals surface area contributed by atoms with Crippen molar-refractivity contribution < 1.29 is 9.59 Å². The smallest absolute Gasteiger partial charge is 0.243 e. The lowest BCUT2D eigenvalue weighted by Crippen LogP contribution is -2.51. The lowest BCUT2D eigenvalue weighted by Gasteiger charge is -2.31. The van der Waals surface area contributed by atoms with E-state index in [9.17, 15) is 9.59 Å². The van der Waals surface area contributed by atoms with Crippen molar-refractivity contribution in [3.05, 3.63) is 69.7 Å². The summed E-state index contributed by atoms with van der Waals surface area (Å²) in [5.74, 6) is -0.267. The van der Waals surface area contributed by atoms with E-state index in [1.165, 1.54) is 0 Å². The van der Waals surface area contributed by atoms with Gasteiger partial charge in [0.15, 0.2) is 0 Å². The summed E-state index contributed by atoms with van der Waals surface area (Å²) >= 11 is 12.3. The van der Waals surface area contributed by atoms with E-state index >= 15 is 0 Å². The molecular weight excluding hydrogens is 407 g/mol. The lowest BCUT2D eigenvalue weighted by molar-refractivity contribution is -0.141. The average Bonchev–Trinajstić information content (AvgIpc) is 2.70. The summed E-state index contributed by atoms with van der Waals surface area (Å²) in [6, 6.07) is 14.0. The van der Waals surface area contributed by atoms with Gasteiger partial charge in [-0.1, -0.05) is 67.4 Å². The minimum Gasteiger partial charge on any atom is -0.352 e. The number of nitrogens with one attached hydrogen (secondary N) is 1. The molecule has 0 saturated carbocycles. The van der Waals surface area contributed by atoms with Crippen LogP contribution in [0.3, 0.4) is 0 Å². The molecule has 1 N–H and O–H groups in total. The molecule has 2 amide bonds. The van der Waals surface area contributed by atoms with E-state index in [0.717, 1.165) is 17.5 Å². The Morgan fingerprint density at radius 1 is 1.00 bits per heavy atom. The zero-order chi connectivity index (χ0) is 21.4. The Morgan fingerprint density at radius 3 is 2.24 bits per heavy atom. The van der Waals surface area contributed by atoms with Crippen LogP contribution in [0.2, 0.25) is 10.0 Å². The molecule has 0 radical (unpaired) electrons. The molecule has 6 heteroatoms. The third-order valence-electron chi connectivity index (χ3n) is 4.95. The second-order valence-electron chi connectivity index (χ2n) is 7.16. The van der Waals surface area contributed by atoms with E-state index in [1.807, 2.05) is 51.1 Å². The van der Waals surface area contributed by atoms with Gasteiger partial charge < -0.3 is 10.2 Å². The van der Waals surface area contributed by atoms with Crippen LogP contribution in [0.1, 0.15) is 44.7 Å². The number of amides is 2. The fourth-order valence-electron chi connectivity index (χ4n) is 3.05. The number of carbonyl (C=O) groups is 2. The molecule has 0 spiro atoms. The van der Waals surface area contributed by atoms with Crippen LogP contribution >= 0.6 is 23.2 Å². The summed E-state index contributed by atoms with van der Waals surface area (Å²) in [5.41, 5.74) is 1.66. The molecule has 4 nitrogen and oxygen atoms in total. The predicted molar refractivity (Wildman–Crippen MR) is 119 cm³/mol. The molecule has 0 aliphatic heterocycles. The molecule has 2 rings (SSSR count). The van der Waals surface area contributed by atoms with Gasteiger partial charge in [-0.15, -0.1) is 0 Å². The molecular formula is C23H28Cl2N2O2. The van der Waals surface area contributed by atoms with Gasteiger partial charge >= 0.3 is 0 Å². The van der Waals surface area contributed by atoms with Gasteiger partial charge in [-0.2, -0.15) is 0 Å². The first-order valence-corrected chi connectivity index (χ1v) is 10.7. The van der Waals surface area contributed by atoms with Crippen molar-refractivity contribution in [2.45, 2.75) is 58.7 Å². The zero-order valence-corrected chi connectivity index (χ0v) is 18.6. The number of halogens is 2. The normalized spacial score (nSPS) is 12.9. The first-order chi connectivity index (χ1) is 13.8. The van der Waals surface area contributed by atoms with Crippen LogP contribution in [0, 0.1) is 0 Å².